The molecule has 1 amide bonds. The van der Waals surface area contributed by atoms with Gasteiger partial charge < -0.3 is 0 Å². The van der Waals surface area contributed by atoms with Crippen molar-refractivity contribution in [3.8, 4) is 10.6 Å². The standard InChI is InChI=1S/C19H18F3N3OS2/c1-10-14(15(26)25-17-24-13(9-27-17)18(2,3)4)28-16(23-10)11-5-7-12(8-6-11)19(20,21)22/h5-9H,1-4H3,(H,24,25,26). The Kier molecular flexibility index (Phi) is 5.33. The van der Waals surface area contributed by atoms with Gasteiger partial charge in [0, 0.05) is 16.4 Å². The lowest BCUT2D eigenvalue weighted by atomic mass is 9.93. The number of rotatable bonds is 3. The third kappa shape index (κ3) is 4.41. The maximum atomic E-state index is 12.7. The number of nitrogens with one attached hydrogen (secondary N) is 1. The Morgan fingerprint density at radius 3 is 2.25 bits per heavy atom. The number of hydrogen-bond donors (Lipinski definition) is 1. The minimum atomic E-state index is -4.39. The second kappa shape index (κ2) is 7.29. The highest BCUT2D eigenvalue weighted by molar-refractivity contribution is 7.17. The number of benzene rings is 1. The van der Waals surface area contributed by atoms with Crippen molar-refractivity contribution in [1.82, 2.24) is 9.97 Å². The fourth-order valence-corrected chi connectivity index (χ4v) is 4.26. The number of nitrogens with zero attached hydrogens (tertiary/aromatic N) is 2. The third-order valence-electron chi connectivity index (χ3n) is 3.96. The van der Waals surface area contributed by atoms with Crippen LogP contribution in [-0.2, 0) is 11.6 Å². The molecule has 148 valence electrons. The molecule has 1 N–H and O–H groups in total. The Labute approximate surface area is 168 Å². The fourth-order valence-electron chi connectivity index (χ4n) is 2.36. The van der Waals surface area contributed by atoms with Gasteiger partial charge in [0.1, 0.15) is 9.88 Å². The summed E-state index contributed by atoms with van der Waals surface area (Å²) in [6.45, 7) is 7.81. The number of aromatic nitrogens is 2. The largest absolute Gasteiger partial charge is 0.416 e. The molecule has 0 aliphatic heterocycles. The number of carbonyl (C=O) groups is 1. The average molecular weight is 426 g/mol. The normalized spacial score (nSPS) is 12.2. The second-order valence-electron chi connectivity index (χ2n) is 7.25. The van der Waals surface area contributed by atoms with Crippen molar-refractivity contribution in [2.75, 3.05) is 5.32 Å². The number of aryl methyl sites for hydroxylation is 1. The lowest BCUT2D eigenvalue weighted by molar-refractivity contribution is -0.137. The first-order valence-corrected chi connectivity index (χ1v) is 10.1. The summed E-state index contributed by atoms with van der Waals surface area (Å²) in [5.74, 6) is -0.331. The topological polar surface area (TPSA) is 54.9 Å². The number of hydrogen-bond acceptors (Lipinski definition) is 5. The van der Waals surface area contributed by atoms with E-state index in [9.17, 15) is 18.0 Å². The van der Waals surface area contributed by atoms with Gasteiger partial charge >= 0.3 is 6.18 Å². The number of thiazole rings is 2. The number of anilines is 1. The van der Waals surface area contributed by atoms with Gasteiger partial charge in [0.05, 0.1) is 17.0 Å². The second-order valence-corrected chi connectivity index (χ2v) is 9.11. The van der Waals surface area contributed by atoms with E-state index in [1.165, 1.54) is 23.5 Å². The van der Waals surface area contributed by atoms with Crippen LogP contribution < -0.4 is 5.32 Å². The summed E-state index contributed by atoms with van der Waals surface area (Å²) in [5, 5.41) is 5.67. The Hall–Kier alpha value is -2.26. The van der Waals surface area contributed by atoms with Crippen molar-refractivity contribution < 1.29 is 18.0 Å². The molecule has 9 heteroatoms. The number of carbonyl (C=O) groups excluding carboxylic acids is 1. The van der Waals surface area contributed by atoms with E-state index < -0.39 is 11.7 Å². The molecule has 1 aromatic carbocycles. The predicted molar refractivity (Wildman–Crippen MR) is 106 cm³/mol. The van der Waals surface area contributed by atoms with Gasteiger partial charge in [-0.25, -0.2) is 9.97 Å². The first-order chi connectivity index (χ1) is 12.9. The minimum Gasteiger partial charge on any atom is -0.297 e. The highest BCUT2D eigenvalue weighted by Gasteiger charge is 2.30. The molecule has 3 rings (SSSR count). The van der Waals surface area contributed by atoms with Crippen molar-refractivity contribution in [2.45, 2.75) is 39.3 Å². The minimum absolute atomic E-state index is 0.115. The van der Waals surface area contributed by atoms with E-state index in [0.29, 0.717) is 26.3 Å². The SMILES string of the molecule is Cc1nc(-c2ccc(C(F)(F)F)cc2)sc1C(=O)Nc1nc(C(C)(C)C)cs1. The van der Waals surface area contributed by atoms with Crippen molar-refractivity contribution in [1.29, 1.82) is 0 Å². The third-order valence-corrected chi connectivity index (χ3v) is 5.92. The molecule has 2 heterocycles. The van der Waals surface area contributed by atoms with Gasteiger partial charge in [-0.3, -0.25) is 10.1 Å². The molecule has 4 nitrogen and oxygen atoms in total. The average Bonchev–Trinajstić information content (AvgIpc) is 3.20. The summed E-state index contributed by atoms with van der Waals surface area (Å²) in [6, 6.07) is 4.74. The zero-order valence-electron chi connectivity index (χ0n) is 15.6. The smallest absolute Gasteiger partial charge is 0.297 e. The molecule has 0 spiro atoms. The van der Waals surface area contributed by atoms with Crippen molar-refractivity contribution in [2.24, 2.45) is 0 Å². The molecular formula is C19H18F3N3OS2. The van der Waals surface area contributed by atoms with Gasteiger partial charge in [-0.05, 0) is 19.1 Å². The predicted octanol–water partition coefficient (Wildman–Crippen LogP) is 6.14. The molecule has 3 aromatic rings. The summed E-state index contributed by atoms with van der Waals surface area (Å²) >= 11 is 2.49. The van der Waals surface area contributed by atoms with Crippen LogP contribution in [0.3, 0.4) is 0 Å². The molecule has 0 saturated carbocycles. The molecule has 28 heavy (non-hydrogen) atoms. The van der Waals surface area contributed by atoms with E-state index >= 15 is 0 Å². The van der Waals surface area contributed by atoms with E-state index in [2.05, 4.69) is 15.3 Å². The molecular weight excluding hydrogens is 407 g/mol. The summed E-state index contributed by atoms with van der Waals surface area (Å²) in [5.41, 5.74) is 1.10. The summed E-state index contributed by atoms with van der Waals surface area (Å²) in [4.78, 5) is 21.8. The van der Waals surface area contributed by atoms with Crippen molar-refractivity contribution >= 4 is 33.7 Å². The zero-order valence-corrected chi connectivity index (χ0v) is 17.3. The Balaban J connectivity index is 1.80. The van der Waals surface area contributed by atoms with Gasteiger partial charge in [-0.15, -0.1) is 22.7 Å². The fraction of sp³-hybridized carbons (Fsp3) is 0.316. The monoisotopic (exact) mass is 425 g/mol. The van der Waals surface area contributed by atoms with E-state index in [4.69, 9.17) is 0 Å². The van der Waals surface area contributed by atoms with Crippen LogP contribution >= 0.6 is 22.7 Å². The van der Waals surface area contributed by atoms with Crippen molar-refractivity contribution in [3.63, 3.8) is 0 Å². The first-order valence-electron chi connectivity index (χ1n) is 8.37. The van der Waals surface area contributed by atoms with Crippen LogP contribution in [0.25, 0.3) is 10.6 Å². The van der Waals surface area contributed by atoms with Gasteiger partial charge in [0.15, 0.2) is 5.13 Å². The molecule has 0 aliphatic rings. The molecule has 0 aliphatic carbocycles. The summed E-state index contributed by atoms with van der Waals surface area (Å²) in [7, 11) is 0. The Morgan fingerprint density at radius 2 is 1.71 bits per heavy atom. The molecule has 0 atom stereocenters. The molecule has 0 unspecified atom stereocenters. The molecule has 0 bridgehead atoms. The van der Waals surface area contributed by atoms with Crippen LogP contribution in [0.1, 0.15) is 47.4 Å². The van der Waals surface area contributed by atoms with Gasteiger partial charge in [0.2, 0.25) is 0 Å². The van der Waals surface area contributed by atoms with Crippen molar-refractivity contribution in [3.05, 3.63) is 51.5 Å². The van der Waals surface area contributed by atoms with E-state index in [0.717, 1.165) is 29.2 Å². The van der Waals surface area contributed by atoms with Crippen LogP contribution in [0.5, 0.6) is 0 Å². The Bertz CT molecular complexity index is 999. The van der Waals surface area contributed by atoms with Crippen LogP contribution in [-0.4, -0.2) is 15.9 Å². The highest BCUT2D eigenvalue weighted by Crippen LogP contribution is 2.33. The molecule has 2 aromatic heterocycles. The first kappa shape index (κ1) is 20.5. The van der Waals surface area contributed by atoms with E-state index in [-0.39, 0.29) is 11.3 Å². The maximum absolute atomic E-state index is 12.7. The lowest BCUT2D eigenvalue weighted by Gasteiger charge is -2.14. The zero-order chi connectivity index (χ0) is 20.7. The van der Waals surface area contributed by atoms with Crippen LogP contribution in [0.4, 0.5) is 18.3 Å². The van der Waals surface area contributed by atoms with Gasteiger partial charge in [0.25, 0.3) is 5.91 Å². The number of amides is 1. The van der Waals surface area contributed by atoms with E-state index in [1.807, 2.05) is 26.2 Å². The summed E-state index contributed by atoms with van der Waals surface area (Å²) in [6.07, 6.45) is -4.39. The van der Waals surface area contributed by atoms with E-state index in [1.54, 1.807) is 6.92 Å². The van der Waals surface area contributed by atoms with Crippen LogP contribution in [0.2, 0.25) is 0 Å². The van der Waals surface area contributed by atoms with Gasteiger partial charge in [-0.2, -0.15) is 13.2 Å². The lowest BCUT2D eigenvalue weighted by Crippen LogP contribution is -2.14. The van der Waals surface area contributed by atoms with Crippen LogP contribution in [0, 0.1) is 6.92 Å². The quantitative estimate of drug-likeness (QED) is 0.548. The Morgan fingerprint density at radius 1 is 1.07 bits per heavy atom. The molecule has 0 saturated heterocycles. The van der Waals surface area contributed by atoms with Crippen LogP contribution in [0.15, 0.2) is 29.6 Å². The highest BCUT2D eigenvalue weighted by atomic mass is 32.1. The molecule has 0 radical (unpaired) electrons. The van der Waals surface area contributed by atoms with Gasteiger partial charge in [-0.1, -0.05) is 32.9 Å². The number of alkyl halides is 3. The maximum Gasteiger partial charge on any atom is 0.416 e. The number of halogens is 3. The molecule has 0 fully saturated rings. The summed E-state index contributed by atoms with van der Waals surface area (Å²) < 4.78 is 38.1.